The molecule has 2 aromatic heterocycles. The number of nitrogens with zero attached hydrogens (tertiary/aromatic N) is 4. The smallest absolute Gasteiger partial charge is 0.136 e. The summed E-state index contributed by atoms with van der Waals surface area (Å²) in [5, 5.41) is 0.434. The van der Waals surface area contributed by atoms with Crippen LogP contribution in [0.4, 0.5) is 0 Å². The Bertz CT molecular complexity index is 520. The third-order valence-corrected chi connectivity index (χ3v) is 2.42. The highest BCUT2D eigenvalue weighted by Gasteiger charge is 2.19. The molecule has 0 fully saturated rings. The molecule has 0 saturated carbocycles. The fourth-order valence-corrected chi connectivity index (χ4v) is 1.52. The van der Waals surface area contributed by atoms with Crippen molar-refractivity contribution in [2.24, 2.45) is 0 Å². The lowest BCUT2D eigenvalue weighted by Gasteiger charge is -2.17. The van der Waals surface area contributed by atoms with Crippen molar-refractivity contribution >= 4 is 11.6 Å². The number of aromatic nitrogens is 4. The first kappa shape index (κ1) is 11.9. The van der Waals surface area contributed by atoms with Crippen LogP contribution in [-0.2, 0) is 5.41 Å². The lowest BCUT2D eigenvalue weighted by atomic mass is 9.95. The van der Waals surface area contributed by atoms with Crippen molar-refractivity contribution in [3.05, 3.63) is 35.8 Å². The SMILES string of the molecule is CC(C)(C)c1nc(Cl)cc(-c2cncnc2)n1. The van der Waals surface area contributed by atoms with E-state index < -0.39 is 0 Å². The molecule has 0 atom stereocenters. The Labute approximate surface area is 105 Å². The second-order valence-corrected chi connectivity index (χ2v) is 5.16. The van der Waals surface area contributed by atoms with E-state index in [9.17, 15) is 0 Å². The van der Waals surface area contributed by atoms with Crippen LogP contribution in [0.25, 0.3) is 11.3 Å². The second kappa shape index (κ2) is 4.37. The van der Waals surface area contributed by atoms with E-state index in [1.54, 1.807) is 18.5 Å². The molecule has 0 bridgehead atoms. The van der Waals surface area contributed by atoms with Crippen molar-refractivity contribution in [2.45, 2.75) is 26.2 Å². The largest absolute Gasteiger partial charge is 0.244 e. The van der Waals surface area contributed by atoms with Crippen LogP contribution in [0.5, 0.6) is 0 Å². The minimum absolute atomic E-state index is 0.144. The van der Waals surface area contributed by atoms with Crippen LogP contribution >= 0.6 is 11.6 Å². The van der Waals surface area contributed by atoms with Gasteiger partial charge in [0.1, 0.15) is 17.3 Å². The average Bonchev–Trinajstić information content (AvgIpc) is 2.28. The molecule has 4 nitrogen and oxygen atoms in total. The molecular weight excluding hydrogens is 236 g/mol. The summed E-state index contributed by atoms with van der Waals surface area (Å²) in [5.74, 6) is 0.712. The van der Waals surface area contributed by atoms with Gasteiger partial charge in [0, 0.05) is 29.4 Å². The molecule has 2 aromatic rings. The standard InChI is InChI=1S/C12H13ClN4/c1-12(2,3)11-16-9(4-10(13)17-11)8-5-14-7-15-6-8/h4-7H,1-3H3. The van der Waals surface area contributed by atoms with Gasteiger partial charge in [0.15, 0.2) is 0 Å². The maximum Gasteiger partial charge on any atom is 0.136 e. The predicted octanol–water partition coefficient (Wildman–Crippen LogP) is 2.88. The van der Waals surface area contributed by atoms with Crippen molar-refractivity contribution < 1.29 is 0 Å². The first-order valence-electron chi connectivity index (χ1n) is 5.27. The Morgan fingerprint density at radius 2 is 1.71 bits per heavy atom. The third-order valence-electron chi connectivity index (χ3n) is 2.22. The summed E-state index contributed by atoms with van der Waals surface area (Å²) < 4.78 is 0. The van der Waals surface area contributed by atoms with Crippen molar-refractivity contribution in [1.29, 1.82) is 0 Å². The molecule has 2 heterocycles. The maximum atomic E-state index is 6.01. The Kier molecular flexibility index (Phi) is 3.07. The van der Waals surface area contributed by atoms with Gasteiger partial charge in [-0.2, -0.15) is 0 Å². The summed E-state index contributed by atoms with van der Waals surface area (Å²) in [6.07, 6.45) is 4.90. The van der Waals surface area contributed by atoms with Gasteiger partial charge in [-0.1, -0.05) is 32.4 Å². The van der Waals surface area contributed by atoms with E-state index in [0.29, 0.717) is 11.0 Å². The zero-order valence-corrected chi connectivity index (χ0v) is 10.7. The number of rotatable bonds is 1. The minimum atomic E-state index is -0.144. The Morgan fingerprint density at radius 1 is 1.06 bits per heavy atom. The molecule has 0 amide bonds. The normalized spacial score (nSPS) is 11.5. The van der Waals surface area contributed by atoms with Gasteiger partial charge in [0.2, 0.25) is 0 Å². The van der Waals surface area contributed by atoms with Gasteiger partial charge in [-0.15, -0.1) is 0 Å². The van der Waals surface area contributed by atoms with E-state index in [2.05, 4.69) is 19.9 Å². The average molecular weight is 249 g/mol. The molecule has 0 aliphatic rings. The predicted molar refractivity (Wildman–Crippen MR) is 66.8 cm³/mol. The molecule has 88 valence electrons. The molecule has 2 rings (SSSR count). The number of hydrogen-bond donors (Lipinski definition) is 0. The quantitative estimate of drug-likeness (QED) is 0.728. The molecule has 0 radical (unpaired) electrons. The van der Waals surface area contributed by atoms with E-state index in [1.165, 1.54) is 6.33 Å². The van der Waals surface area contributed by atoms with Crippen LogP contribution in [-0.4, -0.2) is 19.9 Å². The fraction of sp³-hybridized carbons (Fsp3) is 0.333. The lowest BCUT2D eigenvalue weighted by molar-refractivity contribution is 0.546. The van der Waals surface area contributed by atoms with Crippen molar-refractivity contribution in [1.82, 2.24) is 19.9 Å². The van der Waals surface area contributed by atoms with Gasteiger partial charge in [-0.3, -0.25) is 0 Å². The Hall–Kier alpha value is -1.55. The summed E-state index contributed by atoms with van der Waals surface area (Å²) in [6, 6.07) is 1.72. The van der Waals surface area contributed by atoms with Gasteiger partial charge < -0.3 is 0 Å². The number of halogens is 1. The van der Waals surface area contributed by atoms with Crippen LogP contribution in [0, 0.1) is 0 Å². The van der Waals surface area contributed by atoms with Crippen molar-refractivity contribution in [3.8, 4) is 11.3 Å². The van der Waals surface area contributed by atoms with Crippen molar-refractivity contribution in [2.75, 3.05) is 0 Å². The highest BCUT2D eigenvalue weighted by Crippen LogP contribution is 2.24. The minimum Gasteiger partial charge on any atom is -0.244 e. The molecule has 0 aromatic carbocycles. The van der Waals surface area contributed by atoms with E-state index in [1.807, 2.05) is 20.8 Å². The van der Waals surface area contributed by atoms with Crippen LogP contribution in [0.3, 0.4) is 0 Å². The van der Waals surface area contributed by atoms with Gasteiger partial charge in [0.05, 0.1) is 5.69 Å². The molecule has 0 aliphatic heterocycles. The van der Waals surface area contributed by atoms with Gasteiger partial charge in [-0.05, 0) is 0 Å². The molecule has 17 heavy (non-hydrogen) atoms. The summed E-state index contributed by atoms with van der Waals surface area (Å²) in [5.41, 5.74) is 1.44. The molecule has 0 saturated heterocycles. The molecule has 0 unspecified atom stereocenters. The summed E-state index contributed by atoms with van der Waals surface area (Å²) in [6.45, 7) is 6.14. The van der Waals surface area contributed by atoms with Gasteiger partial charge >= 0.3 is 0 Å². The van der Waals surface area contributed by atoms with E-state index in [-0.39, 0.29) is 5.41 Å². The first-order valence-corrected chi connectivity index (χ1v) is 5.65. The fourth-order valence-electron chi connectivity index (χ4n) is 1.33. The lowest BCUT2D eigenvalue weighted by Crippen LogP contribution is -2.16. The topological polar surface area (TPSA) is 51.6 Å². The summed E-state index contributed by atoms with van der Waals surface area (Å²) >= 11 is 6.01. The van der Waals surface area contributed by atoms with Crippen LogP contribution < -0.4 is 0 Å². The first-order chi connectivity index (χ1) is 7.97. The Morgan fingerprint density at radius 3 is 2.29 bits per heavy atom. The highest BCUT2D eigenvalue weighted by atomic mass is 35.5. The van der Waals surface area contributed by atoms with Gasteiger partial charge in [0.25, 0.3) is 0 Å². The highest BCUT2D eigenvalue weighted by molar-refractivity contribution is 6.29. The zero-order chi connectivity index (χ0) is 12.5. The summed E-state index contributed by atoms with van der Waals surface area (Å²) in [4.78, 5) is 16.7. The molecule has 0 spiro atoms. The molecular formula is C12H13ClN4. The van der Waals surface area contributed by atoms with E-state index in [4.69, 9.17) is 11.6 Å². The van der Waals surface area contributed by atoms with Crippen LogP contribution in [0.2, 0.25) is 5.15 Å². The summed E-state index contributed by atoms with van der Waals surface area (Å²) in [7, 11) is 0. The molecule has 0 aliphatic carbocycles. The zero-order valence-electron chi connectivity index (χ0n) is 9.98. The van der Waals surface area contributed by atoms with Crippen LogP contribution in [0.1, 0.15) is 26.6 Å². The van der Waals surface area contributed by atoms with E-state index >= 15 is 0 Å². The van der Waals surface area contributed by atoms with Crippen LogP contribution in [0.15, 0.2) is 24.8 Å². The monoisotopic (exact) mass is 248 g/mol. The molecule has 0 N–H and O–H groups in total. The number of hydrogen-bond acceptors (Lipinski definition) is 4. The van der Waals surface area contributed by atoms with Crippen molar-refractivity contribution in [3.63, 3.8) is 0 Å². The van der Waals surface area contributed by atoms with E-state index in [0.717, 1.165) is 11.3 Å². The van der Waals surface area contributed by atoms with Gasteiger partial charge in [-0.25, -0.2) is 19.9 Å². The Balaban J connectivity index is 2.54. The molecule has 5 heteroatoms. The third kappa shape index (κ3) is 2.77. The second-order valence-electron chi connectivity index (χ2n) is 4.78. The maximum absolute atomic E-state index is 6.01.